The van der Waals surface area contributed by atoms with Gasteiger partial charge in [-0.05, 0) is 42.5 Å². The molecule has 0 bridgehead atoms. The van der Waals surface area contributed by atoms with Crippen molar-refractivity contribution in [3.63, 3.8) is 0 Å². The number of hydrogen-bond acceptors (Lipinski definition) is 7. The van der Waals surface area contributed by atoms with Crippen molar-refractivity contribution in [1.82, 2.24) is 24.8 Å². The summed E-state index contributed by atoms with van der Waals surface area (Å²) < 4.78 is 10.9. The molecule has 4 aromatic rings. The van der Waals surface area contributed by atoms with Gasteiger partial charge in [0.1, 0.15) is 0 Å². The maximum atomic E-state index is 5.51. The molecule has 0 amide bonds. The number of ether oxygens (including phenoxy) is 2. The average Bonchev–Trinajstić information content (AvgIpc) is 3.32. The highest BCUT2D eigenvalue weighted by atomic mass is 16.7. The van der Waals surface area contributed by atoms with Gasteiger partial charge in [-0.15, -0.1) is 0 Å². The van der Waals surface area contributed by atoms with Crippen molar-refractivity contribution >= 4 is 0 Å². The Morgan fingerprint density at radius 1 is 0.906 bits per heavy atom. The number of fused-ring (bicyclic) bond motifs is 2. The van der Waals surface area contributed by atoms with E-state index in [-0.39, 0.29) is 6.79 Å². The van der Waals surface area contributed by atoms with Crippen LogP contribution in [-0.4, -0.2) is 38.2 Å². The van der Waals surface area contributed by atoms with Crippen LogP contribution in [0.5, 0.6) is 11.5 Å². The van der Waals surface area contributed by atoms with Gasteiger partial charge < -0.3 is 9.47 Å². The van der Waals surface area contributed by atoms with Gasteiger partial charge in [0.05, 0.1) is 17.1 Å². The van der Waals surface area contributed by atoms with E-state index in [4.69, 9.17) is 19.4 Å². The molecule has 2 aliphatic rings. The number of hydrogen-bond donors (Lipinski definition) is 0. The molecule has 0 saturated heterocycles. The van der Waals surface area contributed by atoms with E-state index in [0.717, 1.165) is 71.6 Å². The fourth-order valence-corrected chi connectivity index (χ4v) is 4.16. The van der Waals surface area contributed by atoms with Crippen molar-refractivity contribution in [2.45, 2.75) is 19.5 Å². The molecular formula is C25H21N5O2. The number of benzene rings is 1. The van der Waals surface area contributed by atoms with Gasteiger partial charge in [0.2, 0.25) is 6.79 Å². The molecular weight excluding hydrogens is 402 g/mol. The summed E-state index contributed by atoms with van der Waals surface area (Å²) in [6.07, 6.45) is 6.40. The highest BCUT2D eigenvalue weighted by molar-refractivity contribution is 5.64. The van der Waals surface area contributed by atoms with Gasteiger partial charge in [0.15, 0.2) is 17.3 Å². The molecule has 6 rings (SSSR count). The Kier molecular flexibility index (Phi) is 4.73. The zero-order valence-corrected chi connectivity index (χ0v) is 17.4. The first-order valence-corrected chi connectivity index (χ1v) is 10.7. The van der Waals surface area contributed by atoms with Gasteiger partial charge in [-0.2, -0.15) is 0 Å². The molecule has 0 unspecified atom stereocenters. The lowest BCUT2D eigenvalue weighted by atomic mass is 10.1. The molecule has 158 valence electrons. The second kappa shape index (κ2) is 8.01. The van der Waals surface area contributed by atoms with E-state index in [1.807, 2.05) is 42.6 Å². The molecule has 0 fully saturated rings. The van der Waals surface area contributed by atoms with Gasteiger partial charge >= 0.3 is 0 Å². The summed E-state index contributed by atoms with van der Waals surface area (Å²) in [7, 11) is 0. The molecule has 1 aromatic carbocycles. The molecule has 7 heteroatoms. The lowest BCUT2D eigenvalue weighted by Crippen LogP contribution is -2.31. The second-order valence-electron chi connectivity index (χ2n) is 7.94. The zero-order valence-electron chi connectivity index (χ0n) is 17.4. The molecule has 0 radical (unpaired) electrons. The van der Waals surface area contributed by atoms with Crippen molar-refractivity contribution in [1.29, 1.82) is 0 Å². The van der Waals surface area contributed by atoms with Crippen molar-refractivity contribution in [2.75, 3.05) is 13.3 Å². The standard InChI is InChI=1S/C25H21N5O2/c1-2-20(28-21(3-1)18-4-5-23-24(12-18)32-16-31-23)15-30-11-8-22-19(14-30)13-27-25(29-22)17-6-9-26-10-7-17/h1-7,9-10,12-13H,8,11,14-16H2. The molecule has 32 heavy (non-hydrogen) atoms. The summed E-state index contributed by atoms with van der Waals surface area (Å²) >= 11 is 0. The third-order valence-corrected chi connectivity index (χ3v) is 5.81. The van der Waals surface area contributed by atoms with Crippen molar-refractivity contribution in [3.8, 4) is 34.1 Å². The van der Waals surface area contributed by atoms with Gasteiger partial charge in [-0.1, -0.05) is 6.07 Å². The summed E-state index contributed by atoms with van der Waals surface area (Å²) in [5.74, 6) is 2.32. The van der Waals surface area contributed by atoms with Crippen LogP contribution < -0.4 is 9.47 Å². The molecule has 3 aromatic heterocycles. The van der Waals surface area contributed by atoms with Crippen LogP contribution in [0.3, 0.4) is 0 Å². The number of rotatable bonds is 4. The van der Waals surface area contributed by atoms with E-state index in [2.05, 4.69) is 27.0 Å². The van der Waals surface area contributed by atoms with Crippen molar-refractivity contribution in [2.24, 2.45) is 0 Å². The van der Waals surface area contributed by atoms with Crippen molar-refractivity contribution in [3.05, 3.63) is 84.1 Å². The fourth-order valence-electron chi connectivity index (χ4n) is 4.16. The van der Waals surface area contributed by atoms with Crippen LogP contribution in [0.2, 0.25) is 0 Å². The number of aromatic nitrogens is 4. The Balaban J connectivity index is 1.18. The van der Waals surface area contributed by atoms with Gasteiger partial charge in [-0.3, -0.25) is 14.9 Å². The van der Waals surface area contributed by atoms with Gasteiger partial charge in [-0.25, -0.2) is 9.97 Å². The minimum atomic E-state index is 0.274. The maximum Gasteiger partial charge on any atom is 0.231 e. The van der Waals surface area contributed by atoms with Crippen LogP contribution in [0.4, 0.5) is 0 Å². The Morgan fingerprint density at radius 3 is 2.75 bits per heavy atom. The number of pyridine rings is 2. The molecule has 0 atom stereocenters. The van der Waals surface area contributed by atoms with Crippen LogP contribution in [0.1, 0.15) is 17.0 Å². The fraction of sp³-hybridized carbons (Fsp3) is 0.200. The summed E-state index contributed by atoms with van der Waals surface area (Å²) in [6.45, 7) is 2.82. The van der Waals surface area contributed by atoms with E-state index in [1.165, 1.54) is 5.56 Å². The maximum absolute atomic E-state index is 5.51. The minimum Gasteiger partial charge on any atom is -0.454 e. The molecule has 0 N–H and O–H groups in total. The first-order valence-electron chi connectivity index (χ1n) is 10.7. The van der Waals surface area contributed by atoms with E-state index in [1.54, 1.807) is 12.4 Å². The summed E-state index contributed by atoms with van der Waals surface area (Å²) in [6, 6.07) is 16.0. The molecule has 0 spiro atoms. The third kappa shape index (κ3) is 3.67. The first kappa shape index (κ1) is 18.9. The average molecular weight is 423 g/mol. The van der Waals surface area contributed by atoms with Gasteiger partial charge in [0.25, 0.3) is 0 Å². The van der Waals surface area contributed by atoms with Crippen LogP contribution in [0.25, 0.3) is 22.6 Å². The Morgan fingerprint density at radius 2 is 1.81 bits per heavy atom. The van der Waals surface area contributed by atoms with Crippen LogP contribution in [0.15, 0.2) is 67.1 Å². The topological polar surface area (TPSA) is 73.3 Å². The third-order valence-electron chi connectivity index (χ3n) is 5.81. The lowest BCUT2D eigenvalue weighted by molar-refractivity contribution is 0.174. The normalized spacial score (nSPS) is 14.9. The Labute approximate surface area is 185 Å². The number of nitrogens with zero attached hydrogens (tertiary/aromatic N) is 5. The van der Waals surface area contributed by atoms with Crippen LogP contribution >= 0.6 is 0 Å². The Bertz CT molecular complexity index is 1280. The summed E-state index contributed by atoms with van der Waals surface area (Å²) in [5, 5.41) is 0. The smallest absolute Gasteiger partial charge is 0.231 e. The predicted octanol–water partition coefficient (Wildman–Crippen LogP) is 3.89. The second-order valence-corrected chi connectivity index (χ2v) is 7.94. The highest BCUT2D eigenvalue weighted by Gasteiger charge is 2.20. The monoisotopic (exact) mass is 423 g/mol. The summed E-state index contributed by atoms with van der Waals surface area (Å²) in [5.41, 5.74) is 6.31. The predicted molar refractivity (Wildman–Crippen MR) is 119 cm³/mol. The molecule has 7 nitrogen and oxygen atoms in total. The minimum absolute atomic E-state index is 0.274. The first-order chi connectivity index (χ1) is 15.8. The molecule has 5 heterocycles. The molecule has 0 aliphatic carbocycles. The van der Waals surface area contributed by atoms with Crippen molar-refractivity contribution < 1.29 is 9.47 Å². The molecule has 0 saturated carbocycles. The highest BCUT2D eigenvalue weighted by Crippen LogP contribution is 2.35. The lowest BCUT2D eigenvalue weighted by Gasteiger charge is -2.27. The van der Waals surface area contributed by atoms with E-state index < -0.39 is 0 Å². The van der Waals surface area contributed by atoms with E-state index in [9.17, 15) is 0 Å². The zero-order chi connectivity index (χ0) is 21.3. The summed E-state index contributed by atoms with van der Waals surface area (Å²) in [4.78, 5) is 20.7. The SMILES string of the molecule is c1cc(CN2CCc3nc(-c4ccncc4)ncc3C2)nc(-c2ccc3c(c2)OCO3)c1. The molecule has 2 aliphatic heterocycles. The van der Waals surface area contributed by atoms with E-state index in [0.29, 0.717) is 0 Å². The van der Waals surface area contributed by atoms with E-state index >= 15 is 0 Å². The van der Waals surface area contributed by atoms with Gasteiger partial charge in [0, 0.05) is 61.3 Å². The Hall–Kier alpha value is -3.84. The quantitative estimate of drug-likeness (QED) is 0.493. The van der Waals surface area contributed by atoms with Crippen LogP contribution in [0, 0.1) is 0 Å². The van der Waals surface area contributed by atoms with Crippen LogP contribution in [-0.2, 0) is 19.5 Å². The largest absolute Gasteiger partial charge is 0.454 e.